The smallest absolute Gasteiger partial charge is 0.210 e. The Bertz CT molecular complexity index is 705. The van der Waals surface area contributed by atoms with E-state index in [1.54, 1.807) is 12.4 Å². The molecule has 3 aromatic rings. The van der Waals surface area contributed by atoms with Crippen LogP contribution in [-0.4, -0.2) is 28.1 Å². The van der Waals surface area contributed by atoms with Gasteiger partial charge in [0, 0.05) is 38.2 Å². The van der Waals surface area contributed by atoms with Crippen LogP contribution in [0.3, 0.4) is 0 Å². The molecule has 5 nitrogen and oxygen atoms in total. The van der Waals surface area contributed by atoms with E-state index in [2.05, 4.69) is 20.5 Å². The molecule has 0 fully saturated rings. The molecule has 0 atom stereocenters. The van der Waals surface area contributed by atoms with Crippen molar-refractivity contribution in [3.63, 3.8) is 0 Å². The molecular formula is C15H17N5. The van der Waals surface area contributed by atoms with E-state index in [9.17, 15) is 0 Å². The van der Waals surface area contributed by atoms with Gasteiger partial charge in [-0.3, -0.25) is 4.98 Å². The van der Waals surface area contributed by atoms with E-state index >= 15 is 0 Å². The second kappa shape index (κ2) is 5.30. The molecule has 0 radical (unpaired) electrons. The van der Waals surface area contributed by atoms with Crippen molar-refractivity contribution in [1.29, 1.82) is 0 Å². The van der Waals surface area contributed by atoms with Crippen molar-refractivity contribution in [3.05, 3.63) is 48.8 Å². The summed E-state index contributed by atoms with van der Waals surface area (Å²) in [6, 6.07) is 12.0. The molecule has 5 heteroatoms. The minimum atomic E-state index is 0.581. The molecule has 0 bridgehead atoms. The lowest BCUT2D eigenvalue weighted by atomic mass is 10.3. The van der Waals surface area contributed by atoms with Gasteiger partial charge >= 0.3 is 0 Å². The number of nitrogens with two attached hydrogens (primary N) is 1. The van der Waals surface area contributed by atoms with E-state index in [1.165, 1.54) is 0 Å². The first-order valence-corrected chi connectivity index (χ1v) is 6.60. The predicted octanol–water partition coefficient (Wildman–Crippen LogP) is 2.16. The fourth-order valence-corrected chi connectivity index (χ4v) is 2.35. The number of fused-ring (bicyclic) bond motifs is 1. The molecular weight excluding hydrogens is 250 g/mol. The van der Waals surface area contributed by atoms with E-state index in [0.29, 0.717) is 6.54 Å². The Morgan fingerprint density at radius 1 is 1.15 bits per heavy atom. The standard InChI is InChI=1S/C15H17N5/c1-19(12-6-9-17-10-7-12)15-18-13-4-2-3-5-14(13)20(15)11-8-16/h2-7,9-10H,8,11,16H2,1H3. The number of anilines is 2. The lowest BCUT2D eigenvalue weighted by Crippen LogP contribution is -2.18. The van der Waals surface area contributed by atoms with E-state index < -0.39 is 0 Å². The van der Waals surface area contributed by atoms with Crippen LogP contribution in [0.5, 0.6) is 0 Å². The summed E-state index contributed by atoms with van der Waals surface area (Å²) in [5.74, 6) is 0.892. The van der Waals surface area contributed by atoms with Crippen LogP contribution >= 0.6 is 0 Å². The number of rotatable bonds is 4. The maximum Gasteiger partial charge on any atom is 0.210 e. The molecule has 102 valence electrons. The second-order valence-electron chi connectivity index (χ2n) is 4.61. The Hall–Kier alpha value is -2.40. The first-order chi connectivity index (χ1) is 9.81. The van der Waals surface area contributed by atoms with E-state index in [4.69, 9.17) is 10.7 Å². The highest BCUT2D eigenvalue weighted by Gasteiger charge is 2.14. The summed E-state index contributed by atoms with van der Waals surface area (Å²) in [6.07, 6.45) is 3.56. The van der Waals surface area contributed by atoms with Crippen LogP contribution in [-0.2, 0) is 6.54 Å². The number of benzene rings is 1. The highest BCUT2D eigenvalue weighted by Crippen LogP contribution is 2.26. The van der Waals surface area contributed by atoms with Gasteiger partial charge in [0.1, 0.15) is 0 Å². The maximum atomic E-state index is 5.74. The molecule has 0 aliphatic rings. The molecule has 3 rings (SSSR count). The van der Waals surface area contributed by atoms with Gasteiger partial charge < -0.3 is 15.2 Å². The molecule has 0 spiro atoms. The van der Waals surface area contributed by atoms with Crippen LogP contribution < -0.4 is 10.6 Å². The normalized spacial score (nSPS) is 10.9. The van der Waals surface area contributed by atoms with Crippen LogP contribution in [0.2, 0.25) is 0 Å². The van der Waals surface area contributed by atoms with Crippen LogP contribution in [0, 0.1) is 0 Å². The third-order valence-corrected chi connectivity index (χ3v) is 3.34. The van der Waals surface area contributed by atoms with E-state index in [1.807, 2.05) is 37.4 Å². The zero-order valence-corrected chi connectivity index (χ0v) is 11.4. The summed E-state index contributed by atoms with van der Waals surface area (Å²) in [5.41, 5.74) is 8.88. The summed E-state index contributed by atoms with van der Waals surface area (Å²) < 4.78 is 2.15. The summed E-state index contributed by atoms with van der Waals surface area (Å²) in [5, 5.41) is 0. The van der Waals surface area contributed by atoms with E-state index in [-0.39, 0.29) is 0 Å². The first-order valence-electron chi connectivity index (χ1n) is 6.60. The van der Waals surface area contributed by atoms with Crippen LogP contribution in [0.1, 0.15) is 0 Å². The molecule has 20 heavy (non-hydrogen) atoms. The lowest BCUT2D eigenvalue weighted by Gasteiger charge is -2.19. The zero-order valence-electron chi connectivity index (χ0n) is 11.4. The molecule has 0 amide bonds. The summed E-state index contributed by atoms with van der Waals surface area (Å²) in [6.45, 7) is 1.32. The third kappa shape index (κ3) is 2.12. The van der Waals surface area contributed by atoms with Gasteiger partial charge in [0.25, 0.3) is 0 Å². The van der Waals surface area contributed by atoms with Crippen LogP contribution in [0.4, 0.5) is 11.6 Å². The SMILES string of the molecule is CN(c1ccncc1)c1nc2ccccc2n1CCN. The Morgan fingerprint density at radius 3 is 2.65 bits per heavy atom. The largest absolute Gasteiger partial charge is 0.329 e. The molecule has 2 heterocycles. The first kappa shape index (κ1) is 12.6. The van der Waals surface area contributed by atoms with Gasteiger partial charge in [-0.1, -0.05) is 12.1 Å². The van der Waals surface area contributed by atoms with Gasteiger partial charge in [-0.2, -0.15) is 0 Å². The van der Waals surface area contributed by atoms with Gasteiger partial charge in [0.05, 0.1) is 11.0 Å². The van der Waals surface area contributed by atoms with Crippen molar-refractivity contribution in [1.82, 2.24) is 14.5 Å². The van der Waals surface area contributed by atoms with Gasteiger partial charge in [-0.15, -0.1) is 0 Å². The van der Waals surface area contributed by atoms with Gasteiger partial charge in [-0.25, -0.2) is 4.98 Å². The van der Waals surface area contributed by atoms with Gasteiger partial charge in [0.2, 0.25) is 5.95 Å². The van der Waals surface area contributed by atoms with Crippen molar-refractivity contribution in [3.8, 4) is 0 Å². The van der Waals surface area contributed by atoms with Crippen molar-refractivity contribution in [2.24, 2.45) is 5.73 Å². The quantitative estimate of drug-likeness (QED) is 0.787. The fraction of sp³-hybridized carbons (Fsp3) is 0.200. The zero-order chi connectivity index (χ0) is 13.9. The minimum absolute atomic E-state index is 0.581. The van der Waals surface area contributed by atoms with Crippen molar-refractivity contribution < 1.29 is 0 Å². The second-order valence-corrected chi connectivity index (χ2v) is 4.61. The van der Waals surface area contributed by atoms with Gasteiger partial charge in [0.15, 0.2) is 0 Å². The number of aromatic nitrogens is 3. The van der Waals surface area contributed by atoms with E-state index in [0.717, 1.165) is 29.2 Å². The summed E-state index contributed by atoms with van der Waals surface area (Å²) in [4.78, 5) is 10.8. The molecule has 0 aliphatic heterocycles. The average molecular weight is 267 g/mol. The number of pyridine rings is 1. The third-order valence-electron chi connectivity index (χ3n) is 3.34. The highest BCUT2D eigenvalue weighted by atomic mass is 15.3. The lowest BCUT2D eigenvalue weighted by molar-refractivity contribution is 0.723. The summed E-state index contributed by atoms with van der Waals surface area (Å²) >= 11 is 0. The molecule has 0 unspecified atom stereocenters. The summed E-state index contributed by atoms with van der Waals surface area (Å²) in [7, 11) is 2.00. The van der Waals surface area contributed by atoms with Crippen molar-refractivity contribution in [2.45, 2.75) is 6.54 Å². The number of hydrogen-bond donors (Lipinski definition) is 1. The van der Waals surface area contributed by atoms with Crippen LogP contribution in [0.15, 0.2) is 48.8 Å². The fourth-order valence-electron chi connectivity index (χ4n) is 2.35. The van der Waals surface area contributed by atoms with Gasteiger partial charge in [-0.05, 0) is 24.3 Å². The number of imidazole rings is 1. The monoisotopic (exact) mass is 267 g/mol. The number of para-hydroxylation sites is 2. The number of hydrogen-bond acceptors (Lipinski definition) is 4. The molecule has 0 saturated carbocycles. The Labute approximate surface area is 117 Å². The number of nitrogens with zero attached hydrogens (tertiary/aromatic N) is 4. The molecule has 2 aromatic heterocycles. The van der Waals surface area contributed by atoms with Crippen molar-refractivity contribution >= 4 is 22.7 Å². The average Bonchev–Trinajstić information content (AvgIpc) is 2.87. The molecule has 2 N–H and O–H groups in total. The predicted molar refractivity (Wildman–Crippen MR) is 81.1 cm³/mol. The molecule has 1 aromatic carbocycles. The van der Waals surface area contributed by atoms with Crippen LogP contribution in [0.25, 0.3) is 11.0 Å². The molecule has 0 saturated heterocycles. The highest BCUT2D eigenvalue weighted by molar-refractivity contribution is 5.80. The van der Waals surface area contributed by atoms with Crippen molar-refractivity contribution in [2.75, 3.05) is 18.5 Å². The topological polar surface area (TPSA) is 60.0 Å². The Balaban J connectivity index is 2.12. The Kier molecular flexibility index (Phi) is 3.35. The Morgan fingerprint density at radius 2 is 1.90 bits per heavy atom. The maximum absolute atomic E-state index is 5.74. The molecule has 0 aliphatic carbocycles. The minimum Gasteiger partial charge on any atom is -0.329 e.